The summed E-state index contributed by atoms with van der Waals surface area (Å²) in [5.74, 6) is -1.85. The van der Waals surface area contributed by atoms with Gasteiger partial charge < -0.3 is 4.74 Å². The number of aromatic nitrogens is 1. The number of ether oxygens (including phenoxy) is 1. The normalized spacial score (nSPS) is 19.1. The van der Waals surface area contributed by atoms with Crippen molar-refractivity contribution in [3.05, 3.63) is 94.0 Å². The SMILES string of the molecule is CC(OC(=O)c1cc(-c2ccc(N3C(=O)C4CCCCC4C3=O)cc2)nc2c(Cl)cccc12)C(=O)c1cccc(Cl)c1. The van der Waals surface area contributed by atoms with Crippen LogP contribution in [-0.4, -0.2) is 34.7 Å². The number of benzene rings is 3. The highest BCUT2D eigenvalue weighted by atomic mass is 35.5. The van der Waals surface area contributed by atoms with Crippen molar-refractivity contribution >= 4 is 63.4 Å². The topological polar surface area (TPSA) is 93.6 Å². The van der Waals surface area contributed by atoms with E-state index in [2.05, 4.69) is 0 Å². The maximum absolute atomic E-state index is 13.4. The zero-order valence-corrected chi connectivity index (χ0v) is 24.2. The lowest BCUT2D eigenvalue weighted by Crippen LogP contribution is -2.30. The molecule has 1 saturated carbocycles. The Hall–Kier alpha value is -4.07. The Labute approximate surface area is 252 Å². The molecule has 212 valence electrons. The fourth-order valence-electron chi connectivity index (χ4n) is 5.88. The Morgan fingerprint density at radius 3 is 2.24 bits per heavy atom. The molecule has 2 amide bonds. The number of carbonyl (C=O) groups is 4. The van der Waals surface area contributed by atoms with Crippen LogP contribution in [0.4, 0.5) is 5.69 Å². The molecule has 1 saturated heterocycles. The number of anilines is 1. The van der Waals surface area contributed by atoms with E-state index >= 15 is 0 Å². The summed E-state index contributed by atoms with van der Waals surface area (Å²) in [5, 5.41) is 1.23. The van der Waals surface area contributed by atoms with Gasteiger partial charge in [-0.15, -0.1) is 0 Å². The third-order valence-corrected chi connectivity index (χ3v) is 8.57. The third-order valence-electron chi connectivity index (χ3n) is 8.03. The molecule has 1 aromatic heterocycles. The third kappa shape index (κ3) is 5.08. The number of carbonyl (C=O) groups excluding carboxylic acids is 4. The molecule has 0 spiro atoms. The first-order valence-corrected chi connectivity index (χ1v) is 14.6. The van der Waals surface area contributed by atoms with Crippen molar-refractivity contribution in [2.75, 3.05) is 4.90 Å². The van der Waals surface area contributed by atoms with E-state index in [4.69, 9.17) is 32.9 Å². The summed E-state index contributed by atoms with van der Waals surface area (Å²) in [7, 11) is 0. The number of amides is 2. The zero-order valence-electron chi connectivity index (χ0n) is 22.7. The van der Waals surface area contributed by atoms with Gasteiger partial charge in [-0.1, -0.05) is 72.4 Å². The zero-order chi connectivity index (χ0) is 29.5. The average molecular weight is 601 g/mol. The maximum Gasteiger partial charge on any atom is 0.339 e. The molecule has 2 aliphatic rings. The van der Waals surface area contributed by atoms with Gasteiger partial charge in [0.15, 0.2) is 6.10 Å². The average Bonchev–Trinajstić information content (AvgIpc) is 3.26. The maximum atomic E-state index is 13.4. The first-order valence-electron chi connectivity index (χ1n) is 13.8. The van der Waals surface area contributed by atoms with E-state index in [1.165, 1.54) is 17.9 Å². The second-order valence-electron chi connectivity index (χ2n) is 10.7. The Balaban J connectivity index is 1.31. The predicted molar refractivity (Wildman–Crippen MR) is 161 cm³/mol. The summed E-state index contributed by atoms with van der Waals surface area (Å²) in [6.07, 6.45) is 2.34. The van der Waals surface area contributed by atoms with Crippen LogP contribution in [-0.2, 0) is 14.3 Å². The number of hydrogen-bond acceptors (Lipinski definition) is 6. The molecule has 9 heteroatoms. The molecule has 0 radical (unpaired) electrons. The van der Waals surface area contributed by atoms with Gasteiger partial charge in [0.25, 0.3) is 0 Å². The van der Waals surface area contributed by atoms with Gasteiger partial charge in [-0.25, -0.2) is 9.78 Å². The van der Waals surface area contributed by atoms with E-state index in [9.17, 15) is 19.2 Å². The van der Waals surface area contributed by atoms with Gasteiger partial charge in [-0.05, 0) is 56.2 Å². The van der Waals surface area contributed by atoms with Crippen molar-refractivity contribution in [3.63, 3.8) is 0 Å². The largest absolute Gasteiger partial charge is 0.451 e. The van der Waals surface area contributed by atoms with E-state index in [1.807, 2.05) is 0 Å². The van der Waals surface area contributed by atoms with Gasteiger partial charge in [0.1, 0.15) is 0 Å². The molecule has 2 heterocycles. The Bertz CT molecular complexity index is 1730. The molecule has 2 fully saturated rings. The van der Waals surface area contributed by atoms with Crippen LogP contribution in [0.5, 0.6) is 0 Å². The van der Waals surface area contributed by atoms with Crippen LogP contribution in [0.25, 0.3) is 22.2 Å². The van der Waals surface area contributed by atoms with E-state index < -0.39 is 12.1 Å². The highest BCUT2D eigenvalue weighted by molar-refractivity contribution is 6.35. The minimum atomic E-state index is -1.07. The standard InChI is InChI=1S/C33H26Cl2N2O5/c1-18(30(38)20-6-4-7-21(34)16-20)42-33(41)26-17-28(36-29-23(26)10-5-11-27(29)35)19-12-14-22(15-13-19)37-31(39)24-8-2-3-9-25(24)32(37)40/h4-7,10-18,24-25H,2-3,8-9H2,1H3. The van der Waals surface area contributed by atoms with Crippen molar-refractivity contribution in [3.8, 4) is 11.3 Å². The van der Waals surface area contributed by atoms with Gasteiger partial charge >= 0.3 is 5.97 Å². The van der Waals surface area contributed by atoms with E-state index in [1.54, 1.807) is 66.7 Å². The molecule has 1 aliphatic heterocycles. The second-order valence-corrected chi connectivity index (χ2v) is 11.5. The van der Waals surface area contributed by atoms with E-state index in [0.29, 0.717) is 43.5 Å². The molecule has 7 nitrogen and oxygen atoms in total. The minimum absolute atomic E-state index is 0.139. The minimum Gasteiger partial charge on any atom is -0.451 e. The highest BCUT2D eigenvalue weighted by Crippen LogP contribution is 2.40. The van der Waals surface area contributed by atoms with Crippen LogP contribution in [0.1, 0.15) is 53.3 Å². The Kier molecular flexibility index (Phi) is 7.56. The first-order chi connectivity index (χ1) is 20.2. The van der Waals surface area contributed by atoms with Gasteiger partial charge in [0.05, 0.1) is 39.3 Å². The summed E-state index contributed by atoms with van der Waals surface area (Å²) in [6.45, 7) is 1.51. The lowest BCUT2D eigenvalue weighted by atomic mass is 9.81. The number of nitrogens with zero attached hydrogens (tertiary/aromatic N) is 2. The number of pyridine rings is 1. The summed E-state index contributed by atoms with van der Waals surface area (Å²) in [6, 6.07) is 20.1. The fraction of sp³-hybridized carbons (Fsp3) is 0.242. The van der Waals surface area contributed by atoms with E-state index in [-0.39, 0.29) is 35.0 Å². The van der Waals surface area contributed by atoms with Crippen molar-refractivity contribution < 1.29 is 23.9 Å². The highest BCUT2D eigenvalue weighted by Gasteiger charge is 2.48. The van der Waals surface area contributed by atoms with Crippen molar-refractivity contribution in [2.24, 2.45) is 11.8 Å². The number of Topliss-reactive ketones (excluding diaryl/α,β-unsaturated/α-hetero) is 1. The molecular formula is C33H26Cl2N2O5. The Morgan fingerprint density at radius 2 is 1.57 bits per heavy atom. The molecule has 4 aromatic rings. The summed E-state index contributed by atoms with van der Waals surface area (Å²) in [4.78, 5) is 58.5. The molecule has 3 aromatic carbocycles. The number of rotatable bonds is 6. The lowest BCUT2D eigenvalue weighted by molar-refractivity contribution is -0.122. The van der Waals surface area contributed by atoms with Crippen LogP contribution in [0.3, 0.4) is 0 Å². The van der Waals surface area contributed by atoms with Gasteiger partial charge in [-0.2, -0.15) is 0 Å². The second kappa shape index (κ2) is 11.3. The van der Waals surface area contributed by atoms with Gasteiger partial charge in [-0.3, -0.25) is 19.3 Å². The number of hydrogen-bond donors (Lipinski definition) is 0. The summed E-state index contributed by atoms with van der Waals surface area (Å²) < 4.78 is 5.60. The number of halogens is 2. The first kappa shape index (κ1) is 28.1. The van der Waals surface area contributed by atoms with Gasteiger partial charge in [0.2, 0.25) is 17.6 Å². The number of fused-ring (bicyclic) bond motifs is 2. The molecule has 42 heavy (non-hydrogen) atoms. The molecular weight excluding hydrogens is 575 g/mol. The number of esters is 1. The van der Waals surface area contributed by atoms with Crippen molar-refractivity contribution in [1.29, 1.82) is 0 Å². The number of imide groups is 1. The number of para-hydroxylation sites is 1. The predicted octanol–water partition coefficient (Wildman–Crippen LogP) is 7.32. The fourth-order valence-corrected chi connectivity index (χ4v) is 6.29. The van der Waals surface area contributed by atoms with Crippen LogP contribution in [0.15, 0.2) is 72.8 Å². The van der Waals surface area contributed by atoms with E-state index in [0.717, 1.165) is 25.7 Å². The molecule has 0 N–H and O–H groups in total. The molecule has 3 atom stereocenters. The van der Waals surface area contributed by atoms with Crippen molar-refractivity contribution in [1.82, 2.24) is 4.98 Å². The van der Waals surface area contributed by atoms with Crippen LogP contribution < -0.4 is 4.90 Å². The van der Waals surface area contributed by atoms with Crippen molar-refractivity contribution in [2.45, 2.75) is 38.7 Å². The molecule has 6 rings (SSSR count). The smallest absolute Gasteiger partial charge is 0.339 e. The molecule has 0 bridgehead atoms. The Morgan fingerprint density at radius 1 is 0.905 bits per heavy atom. The lowest BCUT2D eigenvalue weighted by Gasteiger charge is -2.19. The summed E-state index contributed by atoms with van der Waals surface area (Å²) in [5.41, 5.74) is 2.53. The summed E-state index contributed by atoms with van der Waals surface area (Å²) >= 11 is 12.5. The monoisotopic (exact) mass is 600 g/mol. The van der Waals surface area contributed by atoms with Gasteiger partial charge in [0, 0.05) is 21.5 Å². The quantitative estimate of drug-likeness (QED) is 0.131. The van der Waals surface area contributed by atoms with Crippen LogP contribution >= 0.6 is 23.2 Å². The van der Waals surface area contributed by atoms with Crippen LogP contribution in [0.2, 0.25) is 10.0 Å². The molecule has 3 unspecified atom stereocenters. The van der Waals surface area contributed by atoms with Crippen LogP contribution in [0, 0.1) is 11.8 Å². The number of ketones is 1. The molecule has 1 aliphatic carbocycles.